The first-order chi connectivity index (χ1) is 8.78. The molecule has 0 radical (unpaired) electrons. The Balaban J connectivity index is 1.65. The summed E-state index contributed by atoms with van der Waals surface area (Å²) in [6.45, 7) is 0.155. The SMILES string of the molecule is O=C(NC(CCO)C1CC1)c1cc2c(s1)CCC2. The molecule has 0 aromatic carbocycles. The molecule has 2 aliphatic carbocycles. The predicted molar refractivity (Wildman–Crippen MR) is 72.0 cm³/mol. The average molecular weight is 265 g/mol. The molecule has 1 atom stereocenters. The van der Waals surface area contributed by atoms with E-state index in [4.69, 9.17) is 5.11 Å². The minimum absolute atomic E-state index is 0.0553. The van der Waals surface area contributed by atoms with Gasteiger partial charge in [0.1, 0.15) is 0 Å². The van der Waals surface area contributed by atoms with Gasteiger partial charge in [0.05, 0.1) is 4.88 Å². The second-order valence-electron chi connectivity index (χ2n) is 5.34. The Kier molecular flexibility index (Phi) is 3.39. The van der Waals surface area contributed by atoms with Gasteiger partial charge in [0.2, 0.25) is 0 Å². The van der Waals surface area contributed by atoms with Crippen molar-refractivity contribution >= 4 is 17.2 Å². The lowest BCUT2D eigenvalue weighted by atomic mass is 10.1. The van der Waals surface area contributed by atoms with Gasteiger partial charge in [0.15, 0.2) is 0 Å². The highest BCUT2D eigenvalue weighted by Crippen LogP contribution is 2.35. The predicted octanol–water partition coefficient (Wildman–Crippen LogP) is 2.13. The zero-order valence-electron chi connectivity index (χ0n) is 10.4. The van der Waals surface area contributed by atoms with Crippen LogP contribution in [-0.2, 0) is 12.8 Å². The third-order valence-electron chi connectivity index (χ3n) is 3.92. The van der Waals surface area contributed by atoms with Gasteiger partial charge in [-0.15, -0.1) is 11.3 Å². The highest BCUT2D eigenvalue weighted by atomic mass is 32.1. The summed E-state index contributed by atoms with van der Waals surface area (Å²) in [6, 6.07) is 2.23. The zero-order valence-corrected chi connectivity index (χ0v) is 11.3. The van der Waals surface area contributed by atoms with Crippen LogP contribution in [0.15, 0.2) is 6.07 Å². The van der Waals surface area contributed by atoms with Gasteiger partial charge in [0, 0.05) is 17.5 Å². The Labute approximate surface area is 111 Å². The molecule has 0 saturated heterocycles. The molecule has 1 amide bonds. The number of fused-ring (bicyclic) bond motifs is 1. The lowest BCUT2D eigenvalue weighted by Crippen LogP contribution is -2.36. The summed E-state index contributed by atoms with van der Waals surface area (Å²) in [5.74, 6) is 0.646. The van der Waals surface area contributed by atoms with Crippen LogP contribution < -0.4 is 5.32 Å². The standard InChI is InChI=1S/C14H19NO2S/c16-7-6-11(9-4-5-9)15-14(17)13-8-10-2-1-3-12(10)18-13/h8-9,11,16H,1-7H2,(H,15,17). The van der Waals surface area contributed by atoms with Crippen LogP contribution in [0.5, 0.6) is 0 Å². The highest BCUT2D eigenvalue weighted by Gasteiger charge is 2.32. The molecule has 1 heterocycles. The molecule has 1 aromatic heterocycles. The van der Waals surface area contributed by atoms with E-state index in [1.54, 1.807) is 11.3 Å². The number of carbonyl (C=O) groups is 1. The summed E-state index contributed by atoms with van der Waals surface area (Å²) in [5.41, 5.74) is 1.37. The second-order valence-corrected chi connectivity index (χ2v) is 6.48. The minimum Gasteiger partial charge on any atom is -0.396 e. The number of hydrogen-bond donors (Lipinski definition) is 2. The number of rotatable bonds is 5. The molecular formula is C14H19NO2S. The van der Waals surface area contributed by atoms with Crippen molar-refractivity contribution in [3.8, 4) is 0 Å². The molecule has 1 aromatic rings. The molecule has 18 heavy (non-hydrogen) atoms. The topological polar surface area (TPSA) is 49.3 Å². The number of hydrogen-bond acceptors (Lipinski definition) is 3. The van der Waals surface area contributed by atoms with Gasteiger partial charge >= 0.3 is 0 Å². The Bertz CT molecular complexity index is 429. The van der Waals surface area contributed by atoms with Gasteiger partial charge in [0.25, 0.3) is 5.91 Å². The fourth-order valence-corrected chi connectivity index (χ4v) is 3.90. The first kappa shape index (κ1) is 12.2. The van der Waals surface area contributed by atoms with Crippen LogP contribution in [0, 0.1) is 5.92 Å². The second kappa shape index (κ2) is 5.02. The summed E-state index contributed by atoms with van der Waals surface area (Å²) in [6.07, 6.45) is 6.55. The van der Waals surface area contributed by atoms with Crippen LogP contribution in [0.2, 0.25) is 0 Å². The fourth-order valence-electron chi connectivity index (χ4n) is 2.74. The molecule has 1 fully saturated rings. The normalized spacial score (nSPS) is 19.6. The maximum absolute atomic E-state index is 12.2. The van der Waals surface area contributed by atoms with Crippen molar-refractivity contribution in [1.82, 2.24) is 5.32 Å². The monoisotopic (exact) mass is 265 g/mol. The van der Waals surface area contributed by atoms with Crippen molar-refractivity contribution in [1.29, 1.82) is 0 Å². The molecule has 2 aliphatic rings. The molecule has 0 spiro atoms. The van der Waals surface area contributed by atoms with Crippen LogP contribution in [0.1, 0.15) is 45.8 Å². The van der Waals surface area contributed by atoms with Crippen molar-refractivity contribution in [3.63, 3.8) is 0 Å². The van der Waals surface area contributed by atoms with Crippen LogP contribution in [0.4, 0.5) is 0 Å². The van der Waals surface area contributed by atoms with Gasteiger partial charge in [-0.2, -0.15) is 0 Å². The molecule has 0 aliphatic heterocycles. The quantitative estimate of drug-likeness (QED) is 0.857. The summed E-state index contributed by atoms with van der Waals surface area (Å²) in [5, 5.41) is 12.1. The van der Waals surface area contributed by atoms with Crippen molar-refractivity contribution in [2.45, 2.75) is 44.6 Å². The summed E-state index contributed by atoms with van der Waals surface area (Å²) in [7, 11) is 0. The van der Waals surface area contributed by atoms with E-state index in [-0.39, 0.29) is 18.6 Å². The molecule has 1 saturated carbocycles. The first-order valence-corrected chi connectivity index (χ1v) is 7.63. The summed E-state index contributed by atoms with van der Waals surface area (Å²) >= 11 is 1.65. The number of amides is 1. The van der Waals surface area contributed by atoms with Gasteiger partial charge in [-0.3, -0.25) is 4.79 Å². The fraction of sp³-hybridized carbons (Fsp3) is 0.643. The Morgan fingerprint density at radius 3 is 3.00 bits per heavy atom. The number of carbonyl (C=O) groups excluding carboxylic acids is 1. The van der Waals surface area contributed by atoms with Crippen molar-refractivity contribution in [3.05, 3.63) is 21.4 Å². The molecule has 1 unspecified atom stereocenters. The van der Waals surface area contributed by atoms with Gasteiger partial charge in [-0.05, 0) is 56.1 Å². The van der Waals surface area contributed by atoms with E-state index in [0.29, 0.717) is 12.3 Å². The van der Waals surface area contributed by atoms with Crippen LogP contribution in [0.25, 0.3) is 0 Å². The van der Waals surface area contributed by atoms with Crippen LogP contribution in [-0.4, -0.2) is 23.7 Å². The van der Waals surface area contributed by atoms with E-state index in [0.717, 1.165) is 17.7 Å². The minimum atomic E-state index is 0.0553. The lowest BCUT2D eigenvalue weighted by Gasteiger charge is -2.16. The molecule has 3 rings (SSSR count). The summed E-state index contributed by atoms with van der Waals surface area (Å²) < 4.78 is 0. The highest BCUT2D eigenvalue weighted by molar-refractivity contribution is 7.14. The average Bonchev–Trinajstić information content (AvgIpc) is 2.96. The molecule has 0 bridgehead atoms. The van der Waals surface area contributed by atoms with Crippen molar-refractivity contribution < 1.29 is 9.90 Å². The van der Waals surface area contributed by atoms with E-state index in [9.17, 15) is 4.79 Å². The zero-order chi connectivity index (χ0) is 12.5. The number of thiophene rings is 1. The first-order valence-electron chi connectivity index (χ1n) is 6.81. The van der Waals surface area contributed by atoms with E-state index < -0.39 is 0 Å². The maximum Gasteiger partial charge on any atom is 0.261 e. The van der Waals surface area contributed by atoms with Crippen LogP contribution >= 0.6 is 11.3 Å². The van der Waals surface area contributed by atoms with Gasteiger partial charge < -0.3 is 10.4 Å². The number of aliphatic hydroxyl groups is 1. The Morgan fingerprint density at radius 1 is 1.50 bits per heavy atom. The van der Waals surface area contributed by atoms with Gasteiger partial charge in [-0.1, -0.05) is 0 Å². The van der Waals surface area contributed by atoms with E-state index in [2.05, 4.69) is 11.4 Å². The van der Waals surface area contributed by atoms with Crippen molar-refractivity contribution in [2.24, 2.45) is 5.92 Å². The van der Waals surface area contributed by atoms with Crippen molar-refractivity contribution in [2.75, 3.05) is 6.61 Å². The van der Waals surface area contributed by atoms with Crippen LogP contribution in [0.3, 0.4) is 0 Å². The van der Waals surface area contributed by atoms with E-state index in [1.807, 2.05) is 0 Å². The molecule has 4 heteroatoms. The molecule has 3 nitrogen and oxygen atoms in total. The largest absolute Gasteiger partial charge is 0.396 e. The Morgan fingerprint density at radius 2 is 2.33 bits per heavy atom. The maximum atomic E-state index is 12.2. The third kappa shape index (κ3) is 2.45. The number of aryl methyl sites for hydroxylation is 2. The number of nitrogens with one attached hydrogen (secondary N) is 1. The van der Waals surface area contributed by atoms with Gasteiger partial charge in [-0.25, -0.2) is 0 Å². The molecule has 98 valence electrons. The Hall–Kier alpha value is -0.870. The lowest BCUT2D eigenvalue weighted by molar-refractivity contribution is 0.0928. The summed E-state index contributed by atoms with van der Waals surface area (Å²) in [4.78, 5) is 14.4. The molecular weight excluding hydrogens is 246 g/mol. The number of aliphatic hydroxyl groups excluding tert-OH is 1. The van der Waals surface area contributed by atoms with E-state index >= 15 is 0 Å². The van der Waals surface area contributed by atoms with E-state index in [1.165, 1.54) is 29.7 Å². The third-order valence-corrected chi connectivity index (χ3v) is 5.15. The smallest absolute Gasteiger partial charge is 0.261 e. The molecule has 2 N–H and O–H groups in total.